The molecule has 0 fully saturated rings. The maximum atomic E-state index is 14.6. The van der Waals surface area contributed by atoms with Crippen molar-refractivity contribution in [3.8, 4) is 6.07 Å². The van der Waals surface area contributed by atoms with Gasteiger partial charge in [-0.2, -0.15) is 5.26 Å². The summed E-state index contributed by atoms with van der Waals surface area (Å²) in [4.78, 5) is 25.0. The van der Waals surface area contributed by atoms with Gasteiger partial charge in [0, 0.05) is 4.47 Å². The summed E-state index contributed by atoms with van der Waals surface area (Å²) in [5.41, 5.74) is -1.71. The summed E-state index contributed by atoms with van der Waals surface area (Å²) in [6, 6.07) is 2.28. The van der Waals surface area contributed by atoms with E-state index < -0.39 is 29.1 Å². The predicted molar refractivity (Wildman–Crippen MR) is 83.1 cm³/mol. The zero-order valence-electron chi connectivity index (χ0n) is 13.1. The zero-order chi connectivity index (χ0) is 18.7. The van der Waals surface area contributed by atoms with E-state index in [2.05, 4.69) is 25.4 Å². The Balaban J connectivity index is 2.75. The Bertz CT molecular complexity index is 819. The number of carbonyl (C=O) groups is 2. The summed E-state index contributed by atoms with van der Waals surface area (Å²) in [6.45, 7) is -0.601. The molecule has 0 amide bonds. The second kappa shape index (κ2) is 7.58. The number of ether oxygens (including phenoxy) is 3. The lowest BCUT2D eigenvalue weighted by atomic mass is 10.1. The molecule has 0 N–H and O–H groups in total. The number of hydrogen-bond donors (Lipinski definition) is 0. The van der Waals surface area contributed by atoms with Gasteiger partial charge in [-0.15, -0.1) is 0 Å². The van der Waals surface area contributed by atoms with E-state index in [4.69, 9.17) is 10.00 Å². The Morgan fingerprint density at radius 2 is 1.96 bits per heavy atom. The van der Waals surface area contributed by atoms with Gasteiger partial charge in [0.2, 0.25) is 0 Å². The van der Waals surface area contributed by atoms with Gasteiger partial charge < -0.3 is 19.1 Å². The van der Waals surface area contributed by atoms with Gasteiger partial charge in [-0.05, 0) is 22.0 Å². The quantitative estimate of drug-likeness (QED) is 0.696. The van der Waals surface area contributed by atoms with Crippen molar-refractivity contribution in [3.63, 3.8) is 0 Å². The van der Waals surface area contributed by atoms with E-state index in [9.17, 15) is 18.4 Å². The molecule has 10 heteroatoms. The van der Waals surface area contributed by atoms with E-state index >= 15 is 0 Å². The Labute approximate surface area is 149 Å². The summed E-state index contributed by atoms with van der Waals surface area (Å²) in [5, 5.41) is 8.94. The average Bonchev–Trinajstić information content (AvgIpc) is 2.60. The third-order valence-electron chi connectivity index (χ3n) is 3.36. The molecular formula is C15H11BrF2N2O5. The van der Waals surface area contributed by atoms with E-state index in [1.807, 2.05) is 0 Å². The second-order valence-electron chi connectivity index (χ2n) is 4.71. The second-order valence-corrected chi connectivity index (χ2v) is 5.56. The van der Waals surface area contributed by atoms with Gasteiger partial charge in [0.05, 0.1) is 32.1 Å². The van der Waals surface area contributed by atoms with Crippen LogP contribution < -0.4 is 4.90 Å². The lowest BCUT2D eigenvalue weighted by Gasteiger charge is -2.32. The molecule has 0 saturated heterocycles. The van der Waals surface area contributed by atoms with Crippen LogP contribution in [-0.2, 0) is 23.8 Å². The Kier molecular flexibility index (Phi) is 5.71. The first-order valence-electron chi connectivity index (χ1n) is 6.70. The minimum absolute atomic E-state index is 0.0855. The number of halogens is 3. The molecule has 25 heavy (non-hydrogen) atoms. The van der Waals surface area contributed by atoms with Crippen LogP contribution in [-0.4, -0.2) is 39.5 Å². The lowest BCUT2D eigenvalue weighted by molar-refractivity contribution is -0.140. The molecule has 1 aromatic rings. The van der Waals surface area contributed by atoms with Crippen molar-refractivity contribution in [1.29, 1.82) is 5.26 Å². The molecule has 0 aromatic heterocycles. The molecule has 0 radical (unpaired) electrons. The van der Waals surface area contributed by atoms with Crippen molar-refractivity contribution in [2.45, 2.75) is 0 Å². The molecule has 0 aliphatic carbocycles. The monoisotopic (exact) mass is 416 g/mol. The summed E-state index contributed by atoms with van der Waals surface area (Å²) < 4.78 is 42.7. The van der Waals surface area contributed by atoms with Gasteiger partial charge in [0.1, 0.15) is 29.9 Å². The number of carbonyl (C=O) groups excluding carboxylic acids is 2. The van der Waals surface area contributed by atoms with Gasteiger partial charge >= 0.3 is 11.9 Å². The largest absolute Gasteiger partial charge is 0.466 e. The van der Waals surface area contributed by atoms with Crippen LogP contribution in [0.25, 0.3) is 0 Å². The topological polar surface area (TPSA) is 88.9 Å². The van der Waals surface area contributed by atoms with Crippen LogP contribution in [0.1, 0.15) is 5.56 Å². The number of methoxy groups -OCH3 is 2. The van der Waals surface area contributed by atoms with Crippen LogP contribution >= 0.6 is 15.9 Å². The summed E-state index contributed by atoms with van der Waals surface area (Å²) >= 11 is 2.99. The number of benzene rings is 1. The van der Waals surface area contributed by atoms with E-state index in [1.165, 1.54) is 6.07 Å². The highest BCUT2D eigenvalue weighted by Crippen LogP contribution is 2.37. The number of nitriles is 1. The summed E-state index contributed by atoms with van der Waals surface area (Å²) in [7, 11) is 2.18. The summed E-state index contributed by atoms with van der Waals surface area (Å²) in [6.07, 6.45) is 0. The van der Waals surface area contributed by atoms with Crippen LogP contribution in [0.5, 0.6) is 0 Å². The fourth-order valence-corrected chi connectivity index (χ4v) is 2.84. The van der Waals surface area contributed by atoms with Gasteiger partial charge in [-0.1, -0.05) is 0 Å². The molecule has 0 spiro atoms. The van der Waals surface area contributed by atoms with E-state index in [1.54, 1.807) is 0 Å². The molecule has 0 unspecified atom stereocenters. The number of esters is 2. The standard InChI is InChI=1S/C15H11BrF2N2O5/c1-23-14(21)8-5-25-6-20(12(8)15(22)24-2)13-9(16)3-10(17)7(4-19)11(13)18/h3H,5-6H2,1-2H3. The maximum Gasteiger partial charge on any atom is 0.355 e. The van der Waals surface area contributed by atoms with Crippen molar-refractivity contribution in [2.75, 3.05) is 32.5 Å². The molecule has 132 valence electrons. The van der Waals surface area contributed by atoms with Crippen LogP contribution in [0.3, 0.4) is 0 Å². The lowest BCUT2D eigenvalue weighted by Crippen LogP contribution is -2.39. The van der Waals surface area contributed by atoms with Crippen LogP contribution in [0.4, 0.5) is 14.5 Å². The molecule has 2 rings (SSSR count). The van der Waals surface area contributed by atoms with Gasteiger partial charge in [-0.25, -0.2) is 18.4 Å². The van der Waals surface area contributed by atoms with Crippen LogP contribution in [0.15, 0.2) is 21.8 Å². The predicted octanol–water partition coefficient (Wildman–Crippen LogP) is 1.99. The van der Waals surface area contributed by atoms with Crippen molar-refractivity contribution in [3.05, 3.63) is 39.0 Å². The molecule has 1 aliphatic heterocycles. The van der Waals surface area contributed by atoms with Crippen molar-refractivity contribution in [1.82, 2.24) is 0 Å². The maximum absolute atomic E-state index is 14.6. The molecule has 0 saturated carbocycles. The highest BCUT2D eigenvalue weighted by molar-refractivity contribution is 9.10. The fraction of sp³-hybridized carbons (Fsp3) is 0.267. The van der Waals surface area contributed by atoms with E-state index in [0.717, 1.165) is 25.2 Å². The molecule has 1 aromatic carbocycles. The minimum Gasteiger partial charge on any atom is -0.466 e. The molecular weight excluding hydrogens is 406 g/mol. The number of rotatable bonds is 3. The van der Waals surface area contributed by atoms with Crippen molar-refractivity contribution in [2.24, 2.45) is 0 Å². The first kappa shape index (κ1) is 18.8. The molecule has 7 nitrogen and oxygen atoms in total. The number of nitrogens with zero attached hydrogens (tertiary/aromatic N) is 2. The Hall–Kier alpha value is -2.51. The normalized spacial score (nSPS) is 14.2. The van der Waals surface area contributed by atoms with Gasteiger partial charge in [0.25, 0.3) is 0 Å². The molecule has 1 heterocycles. The number of hydrogen-bond acceptors (Lipinski definition) is 7. The first-order chi connectivity index (χ1) is 11.9. The van der Waals surface area contributed by atoms with Gasteiger partial charge in [0.15, 0.2) is 5.82 Å². The fourth-order valence-electron chi connectivity index (χ4n) is 2.25. The Morgan fingerprint density at radius 3 is 2.52 bits per heavy atom. The summed E-state index contributed by atoms with van der Waals surface area (Å²) in [5.74, 6) is -4.11. The molecule has 0 bridgehead atoms. The number of anilines is 1. The Morgan fingerprint density at radius 1 is 1.32 bits per heavy atom. The first-order valence-corrected chi connectivity index (χ1v) is 7.49. The molecule has 1 aliphatic rings. The zero-order valence-corrected chi connectivity index (χ0v) is 14.6. The van der Waals surface area contributed by atoms with Gasteiger partial charge in [-0.3, -0.25) is 0 Å². The molecule has 0 atom stereocenters. The van der Waals surface area contributed by atoms with E-state index in [-0.39, 0.29) is 34.8 Å². The van der Waals surface area contributed by atoms with E-state index in [0.29, 0.717) is 0 Å². The third-order valence-corrected chi connectivity index (χ3v) is 3.97. The SMILES string of the molecule is COC(=O)C1=C(C(=O)OC)N(c2c(Br)cc(F)c(C#N)c2F)COC1. The third kappa shape index (κ3) is 3.33. The van der Waals surface area contributed by atoms with Crippen LogP contribution in [0.2, 0.25) is 0 Å². The van der Waals surface area contributed by atoms with Crippen LogP contribution in [0, 0.1) is 23.0 Å². The smallest absolute Gasteiger partial charge is 0.355 e. The highest BCUT2D eigenvalue weighted by Gasteiger charge is 2.35. The average molecular weight is 417 g/mol. The highest BCUT2D eigenvalue weighted by atomic mass is 79.9. The van der Waals surface area contributed by atoms with Crippen molar-refractivity contribution < 1.29 is 32.6 Å². The van der Waals surface area contributed by atoms with Crippen molar-refractivity contribution >= 4 is 33.6 Å². The minimum atomic E-state index is -1.22.